The van der Waals surface area contributed by atoms with Gasteiger partial charge in [-0.25, -0.2) is 8.78 Å². The molecule has 0 spiro atoms. The lowest BCUT2D eigenvalue weighted by Crippen LogP contribution is -2.32. The van der Waals surface area contributed by atoms with Crippen LogP contribution in [0.3, 0.4) is 0 Å². The number of hydrogen-bond donors (Lipinski definition) is 1. The van der Waals surface area contributed by atoms with Crippen LogP contribution in [0.4, 0.5) is 8.78 Å². The monoisotopic (exact) mass is 237 g/mol. The average Bonchev–Trinajstić information content (AvgIpc) is 3.14. The molecule has 0 aliphatic heterocycles. The maximum Gasteiger partial charge on any atom is 0.163 e. The van der Waals surface area contributed by atoms with E-state index in [1.165, 1.54) is 25.7 Å². The minimum Gasteiger partial charge on any atom is -0.309 e. The summed E-state index contributed by atoms with van der Waals surface area (Å²) in [6.07, 6.45) is 5.17. The second-order valence-corrected chi connectivity index (χ2v) is 5.29. The van der Waals surface area contributed by atoms with Crippen LogP contribution in [-0.2, 0) is 6.54 Å². The van der Waals surface area contributed by atoms with Crippen LogP contribution < -0.4 is 5.32 Å². The quantitative estimate of drug-likeness (QED) is 0.829. The summed E-state index contributed by atoms with van der Waals surface area (Å²) in [5.41, 5.74) is 0.441. The van der Waals surface area contributed by atoms with E-state index in [1.54, 1.807) is 12.1 Å². The van der Waals surface area contributed by atoms with Gasteiger partial charge >= 0.3 is 0 Å². The van der Waals surface area contributed by atoms with Gasteiger partial charge in [-0.2, -0.15) is 0 Å². The van der Waals surface area contributed by atoms with Gasteiger partial charge in [-0.1, -0.05) is 12.1 Å². The first-order valence-electron chi connectivity index (χ1n) is 6.42. The van der Waals surface area contributed by atoms with Crippen molar-refractivity contribution in [2.24, 2.45) is 11.8 Å². The van der Waals surface area contributed by atoms with E-state index >= 15 is 0 Å². The van der Waals surface area contributed by atoms with Gasteiger partial charge in [0, 0.05) is 18.2 Å². The molecule has 2 aliphatic carbocycles. The number of benzene rings is 1. The molecule has 2 fully saturated rings. The van der Waals surface area contributed by atoms with Gasteiger partial charge in [-0.05, 0) is 43.6 Å². The number of hydrogen-bond acceptors (Lipinski definition) is 1. The number of nitrogens with one attached hydrogen (secondary N) is 1. The minimum atomic E-state index is -0.751. The fourth-order valence-electron chi connectivity index (χ4n) is 2.54. The van der Waals surface area contributed by atoms with E-state index in [9.17, 15) is 8.78 Å². The van der Waals surface area contributed by atoms with Gasteiger partial charge in [0.05, 0.1) is 0 Å². The van der Waals surface area contributed by atoms with Crippen molar-refractivity contribution in [3.63, 3.8) is 0 Å². The van der Waals surface area contributed by atoms with Gasteiger partial charge < -0.3 is 5.32 Å². The Morgan fingerprint density at radius 2 is 1.76 bits per heavy atom. The summed E-state index contributed by atoms with van der Waals surface area (Å²) >= 11 is 0. The van der Waals surface area contributed by atoms with Crippen molar-refractivity contribution < 1.29 is 8.78 Å². The molecule has 3 heteroatoms. The van der Waals surface area contributed by atoms with Crippen molar-refractivity contribution >= 4 is 0 Å². The largest absolute Gasteiger partial charge is 0.309 e. The fourth-order valence-corrected chi connectivity index (χ4v) is 2.54. The standard InChI is InChI=1S/C14H17F2N/c15-12-3-1-2-11(13(12)16)8-17-14(9-4-5-9)10-6-7-10/h1-3,9-10,14,17H,4-8H2. The summed E-state index contributed by atoms with van der Waals surface area (Å²) < 4.78 is 26.5. The predicted octanol–water partition coefficient (Wildman–Crippen LogP) is 3.24. The Balaban J connectivity index is 1.64. The maximum atomic E-state index is 13.5. The molecular weight excluding hydrogens is 220 g/mol. The Morgan fingerprint density at radius 1 is 1.12 bits per heavy atom. The van der Waals surface area contributed by atoms with Crippen molar-refractivity contribution in [1.29, 1.82) is 0 Å². The molecule has 3 rings (SSSR count). The first-order valence-corrected chi connectivity index (χ1v) is 6.42. The molecule has 0 heterocycles. The van der Waals surface area contributed by atoms with Gasteiger partial charge in [0.25, 0.3) is 0 Å². The van der Waals surface area contributed by atoms with E-state index in [2.05, 4.69) is 5.32 Å². The molecule has 0 saturated heterocycles. The summed E-state index contributed by atoms with van der Waals surface area (Å²) in [4.78, 5) is 0. The van der Waals surface area contributed by atoms with Crippen LogP contribution in [0.5, 0.6) is 0 Å². The SMILES string of the molecule is Fc1cccc(CNC(C2CC2)C2CC2)c1F. The van der Waals surface area contributed by atoms with Crippen LogP contribution in [-0.4, -0.2) is 6.04 Å². The molecule has 0 bridgehead atoms. The molecule has 1 aromatic carbocycles. The summed E-state index contributed by atoms with van der Waals surface area (Å²) in [5.74, 6) is 0.0993. The van der Waals surface area contributed by atoms with Crippen molar-refractivity contribution in [2.45, 2.75) is 38.3 Å². The molecule has 1 nitrogen and oxygen atoms in total. The van der Waals surface area contributed by atoms with E-state index < -0.39 is 11.6 Å². The van der Waals surface area contributed by atoms with Gasteiger partial charge in [-0.15, -0.1) is 0 Å². The third-order valence-corrected chi connectivity index (χ3v) is 3.82. The third-order valence-electron chi connectivity index (χ3n) is 3.82. The van der Waals surface area contributed by atoms with Gasteiger partial charge in [-0.3, -0.25) is 0 Å². The Hall–Kier alpha value is -0.960. The molecular formula is C14H17F2N. The highest BCUT2D eigenvalue weighted by Crippen LogP contribution is 2.44. The normalized spacial score (nSPS) is 19.9. The van der Waals surface area contributed by atoms with E-state index in [1.807, 2.05) is 0 Å². The summed E-state index contributed by atoms with van der Waals surface area (Å²) in [7, 11) is 0. The summed E-state index contributed by atoms with van der Waals surface area (Å²) in [6.45, 7) is 0.446. The van der Waals surface area contributed by atoms with Crippen molar-refractivity contribution in [2.75, 3.05) is 0 Å². The summed E-state index contributed by atoms with van der Waals surface area (Å²) in [5, 5.41) is 3.42. The second kappa shape index (κ2) is 4.37. The van der Waals surface area contributed by atoms with Gasteiger partial charge in [0.2, 0.25) is 0 Å². The Kier molecular flexibility index (Phi) is 2.87. The molecule has 0 unspecified atom stereocenters. The zero-order valence-electron chi connectivity index (χ0n) is 9.76. The Bertz CT molecular complexity index is 399. The minimum absolute atomic E-state index is 0.441. The fraction of sp³-hybridized carbons (Fsp3) is 0.571. The smallest absolute Gasteiger partial charge is 0.163 e. The maximum absolute atomic E-state index is 13.5. The molecule has 2 saturated carbocycles. The lowest BCUT2D eigenvalue weighted by Gasteiger charge is -2.17. The van der Waals surface area contributed by atoms with Crippen LogP contribution in [0.1, 0.15) is 31.2 Å². The number of halogens is 2. The average molecular weight is 237 g/mol. The zero-order chi connectivity index (χ0) is 11.8. The highest BCUT2D eigenvalue weighted by molar-refractivity contribution is 5.19. The molecule has 1 aromatic rings. The van der Waals surface area contributed by atoms with Crippen molar-refractivity contribution in [1.82, 2.24) is 5.32 Å². The highest BCUT2D eigenvalue weighted by atomic mass is 19.2. The Morgan fingerprint density at radius 3 is 2.35 bits per heavy atom. The van der Waals surface area contributed by atoms with Crippen LogP contribution in [0, 0.1) is 23.5 Å². The molecule has 92 valence electrons. The molecule has 17 heavy (non-hydrogen) atoms. The molecule has 2 aliphatic rings. The van der Waals surface area contributed by atoms with Gasteiger partial charge in [0.15, 0.2) is 11.6 Å². The lowest BCUT2D eigenvalue weighted by molar-refractivity contribution is 0.407. The van der Waals surface area contributed by atoms with Crippen molar-refractivity contribution in [3.05, 3.63) is 35.4 Å². The first-order chi connectivity index (χ1) is 8.25. The van der Waals surface area contributed by atoms with Crippen LogP contribution in [0.15, 0.2) is 18.2 Å². The van der Waals surface area contributed by atoms with Crippen LogP contribution in [0.25, 0.3) is 0 Å². The van der Waals surface area contributed by atoms with E-state index in [4.69, 9.17) is 0 Å². The molecule has 0 radical (unpaired) electrons. The topological polar surface area (TPSA) is 12.0 Å². The summed E-state index contributed by atoms with van der Waals surface area (Å²) in [6, 6.07) is 4.91. The van der Waals surface area contributed by atoms with E-state index in [0.717, 1.165) is 17.9 Å². The Labute approximate surface area is 100 Å². The lowest BCUT2D eigenvalue weighted by atomic mass is 10.1. The molecule has 0 amide bonds. The molecule has 0 aromatic heterocycles. The number of rotatable bonds is 5. The third kappa shape index (κ3) is 2.49. The van der Waals surface area contributed by atoms with Crippen molar-refractivity contribution in [3.8, 4) is 0 Å². The predicted molar refractivity (Wildman–Crippen MR) is 62.4 cm³/mol. The van der Waals surface area contributed by atoms with E-state index in [-0.39, 0.29) is 0 Å². The van der Waals surface area contributed by atoms with Crippen LogP contribution >= 0.6 is 0 Å². The highest BCUT2D eigenvalue weighted by Gasteiger charge is 2.41. The molecule has 0 atom stereocenters. The second-order valence-electron chi connectivity index (χ2n) is 5.29. The van der Waals surface area contributed by atoms with E-state index in [0.29, 0.717) is 18.2 Å². The molecule has 1 N–H and O–H groups in total. The van der Waals surface area contributed by atoms with Gasteiger partial charge in [0.1, 0.15) is 0 Å². The first kappa shape index (κ1) is 11.1. The zero-order valence-corrected chi connectivity index (χ0v) is 9.76. The van der Waals surface area contributed by atoms with Crippen LogP contribution in [0.2, 0.25) is 0 Å².